The third-order valence-electron chi connectivity index (χ3n) is 4.54. The van der Waals surface area contributed by atoms with Crippen molar-refractivity contribution in [2.24, 2.45) is 0 Å². The van der Waals surface area contributed by atoms with Gasteiger partial charge >= 0.3 is 0 Å². The van der Waals surface area contributed by atoms with Crippen LogP contribution in [0, 0.1) is 0 Å². The smallest absolute Gasteiger partial charge is 0.160 e. The molecule has 2 fully saturated rings. The highest BCUT2D eigenvalue weighted by atomic mass is 35.5. The van der Waals surface area contributed by atoms with Crippen molar-refractivity contribution < 1.29 is 40.1 Å². The number of ether oxygens (including phenoxy) is 2. The molecule has 136 valence electrons. The molecular formula is C12H19Cl3O8. The van der Waals surface area contributed by atoms with Gasteiger partial charge in [0, 0.05) is 0 Å². The Morgan fingerprint density at radius 1 is 1.00 bits per heavy atom. The van der Waals surface area contributed by atoms with Crippen LogP contribution in [0.2, 0.25) is 0 Å². The first kappa shape index (κ1) is 19.9. The van der Waals surface area contributed by atoms with Crippen molar-refractivity contribution in [3.63, 3.8) is 0 Å². The normalized spacial score (nSPS) is 54.4. The Hall–Kier alpha value is 0.550. The van der Waals surface area contributed by atoms with E-state index in [9.17, 15) is 30.6 Å². The van der Waals surface area contributed by atoms with Gasteiger partial charge in [0.15, 0.2) is 11.2 Å². The Morgan fingerprint density at radius 2 is 1.61 bits per heavy atom. The van der Waals surface area contributed by atoms with E-state index in [-0.39, 0.29) is 5.88 Å². The fourth-order valence-electron chi connectivity index (χ4n) is 3.18. The maximum Gasteiger partial charge on any atom is 0.160 e. The average Bonchev–Trinajstić information content (AvgIpc) is 2.81. The predicted molar refractivity (Wildman–Crippen MR) is 79.6 cm³/mol. The van der Waals surface area contributed by atoms with Gasteiger partial charge < -0.3 is 40.1 Å². The molecule has 2 saturated heterocycles. The van der Waals surface area contributed by atoms with Gasteiger partial charge in [-0.05, 0) is 0 Å². The van der Waals surface area contributed by atoms with Gasteiger partial charge in [0.2, 0.25) is 0 Å². The fraction of sp³-hybridized carbons (Fsp3) is 1.00. The Labute approximate surface area is 147 Å². The molecule has 0 aromatic rings. The van der Waals surface area contributed by atoms with Crippen molar-refractivity contribution in [2.45, 2.75) is 52.7 Å². The number of alkyl halides is 3. The molecule has 2 aliphatic heterocycles. The molecule has 0 radical (unpaired) electrons. The average molecular weight is 398 g/mol. The van der Waals surface area contributed by atoms with E-state index in [4.69, 9.17) is 44.3 Å². The van der Waals surface area contributed by atoms with E-state index in [0.29, 0.717) is 0 Å². The Morgan fingerprint density at radius 3 is 2.04 bits per heavy atom. The summed E-state index contributed by atoms with van der Waals surface area (Å²) in [5, 5.41) is 59.3. The first-order valence-electron chi connectivity index (χ1n) is 6.86. The molecule has 9 atom stereocenters. The predicted octanol–water partition coefficient (Wildman–Crippen LogP) is -2.27. The molecule has 0 aliphatic carbocycles. The monoisotopic (exact) mass is 396 g/mol. The second-order valence-electron chi connectivity index (χ2n) is 5.67. The van der Waals surface area contributed by atoms with Crippen molar-refractivity contribution >= 4 is 34.8 Å². The SMILES string of the molecule is OC[C@H]1O[C@@](CO)([C@@]2(O)[C@@H](O)[C@H](Cl)O[C@H](CCl)[C@@H]2Cl)[C@@H](O)[C@@H]1O. The second kappa shape index (κ2) is 7.05. The van der Waals surface area contributed by atoms with Gasteiger partial charge in [-0.15, -0.1) is 23.2 Å². The van der Waals surface area contributed by atoms with E-state index >= 15 is 0 Å². The molecule has 0 spiro atoms. The molecule has 0 aromatic carbocycles. The minimum Gasteiger partial charge on any atom is -0.394 e. The lowest BCUT2D eigenvalue weighted by atomic mass is 9.70. The standard InChI is InChI=1S/C12H19Cl3O8/c13-1-4-7(14)12(21,9(20)10(15)22-4)11(3-17)8(19)6(18)5(2-16)23-11/h4-10,16-21H,1-3H2/t4-,5-,6-,7+,8+,9+,10-,11-,12+/m1/s1. The Bertz CT molecular complexity index is 431. The summed E-state index contributed by atoms with van der Waals surface area (Å²) in [7, 11) is 0. The largest absolute Gasteiger partial charge is 0.394 e. The quantitative estimate of drug-likeness (QED) is 0.292. The van der Waals surface area contributed by atoms with Gasteiger partial charge in [-0.25, -0.2) is 0 Å². The summed E-state index contributed by atoms with van der Waals surface area (Å²) in [6, 6.07) is 0. The number of rotatable bonds is 4. The summed E-state index contributed by atoms with van der Waals surface area (Å²) in [5.41, 5.74) is -6.27. The molecule has 23 heavy (non-hydrogen) atoms. The molecule has 0 aromatic heterocycles. The number of aliphatic hydroxyl groups is 6. The highest BCUT2D eigenvalue weighted by molar-refractivity contribution is 6.25. The van der Waals surface area contributed by atoms with Crippen molar-refractivity contribution in [3.8, 4) is 0 Å². The number of aliphatic hydroxyl groups excluding tert-OH is 5. The van der Waals surface area contributed by atoms with Gasteiger partial charge in [0.05, 0.1) is 30.6 Å². The maximum absolute atomic E-state index is 11.1. The van der Waals surface area contributed by atoms with E-state index < -0.39 is 65.9 Å². The van der Waals surface area contributed by atoms with E-state index in [1.165, 1.54) is 0 Å². The van der Waals surface area contributed by atoms with Crippen LogP contribution >= 0.6 is 34.8 Å². The lowest BCUT2D eigenvalue weighted by molar-refractivity contribution is -0.291. The number of hydrogen-bond acceptors (Lipinski definition) is 8. The molecule has 0 amide bonds. The van der Waals surface area contributed by atoms with Crippen LogP contribution in [0.1, 0.15) is 0 Å². The zero-order valence-electron chi connectivity index (χ0n) is 11.8. The summed E-state index contributed by atoms with van der Waals surface area (Å²) in [6.45, 7) is -1.71. The van der Waals surface area contributed by atoms with E-state index in [1.807, 2.05) is 0 Å². The van der Waals surface area contributed by atoms with E-state index in [1.54, 1.807) is 0 Å². The summed E-state index contributed by atoms with van der Waals surface area (Å²) < 4.78 is 10.5. The molecule has 8 nitrogen and oxygen atoms in total. The van der Waals surface area contributed by atoms with Crippen LogP contribution in [0.3, 0.4) is 0 Å². The second-order valence-corrected chi connectivity index (χ2v) is 6.88. The molecule has 2 heterocycles. The molecule has 0 unspecified atom stereocenters. The zero-order valence-corrected chi connectivity index (χ0v) is 14.1. The Balaban J connectivity index is 2.52. The minimum absolute atomic E-state index is 0.198. The molecule has 6 N–H and O–H groups in total. The van der Waals surface area contributed by atoms with Crippen LogP contribution in [-0.4, -0.2) is 102 Å². The van der Waals surface area contributed by atoms with Gasteiger partial charge in [-0.1, -0.05) is 11.6 Å². The topological polar surface area (TPSA) is 140 Å². The first-order chi connectivity index (χ1) is 10.7. The van der Waals surface area contributed by atoms with Crippen LogP contribution in [0.25, 0.3) is 0 Å². The third-order valence-corrected chi connectivity index (χ3v) is 5.80. The number of hydrogen-bond donors (Lipinski definition) is 6. The van der Waals surface area contributed by atoms with Crippen LogP contribution in [0.5, 0.6) is 0 Å². The third kappa shape index (κ3) is 2.69. The van der Waals surface area contributed by atoms with E-state index in [2.05, 4.69) is 0 Å². The van der Waals surface area contributed by atoms with Crippen LogP contribution in [0.15, 0.2) is 0 Å². The van der Waals surface area contributed by atoms with Gasteiger partial charge in [0.1, 0.15) is 30.0 Å². The molecule has 2 aliphatic rings. The summed E-state index contributed by atoms with van der Waals surface area (Å²) in [4.78, 5) is 0. The van der Waals surface area contributed by atoms with Gasteiger partial charge in [0.25, 0.3) is 0 Å². The van der Waals surface area contributed by atoms with Gasteiger partial charge in [-0.3, -0.25) is 0 Å². The van der Waals surface area contributed by atoms with Crippen molar-refractivity contribution in [3.05, 3.63) is 0 Å². The van der Waals surface area contributed by atoms with Gasteiger partial charge in [-0.2, -0.15) is 0 Å². The Kier molecular flexibility index (Phi) is 6.09. The van der Waals surface area contributed by atoms with E-state index in [0.717, 1.165) is 0 Å². The van der Waals surface area contributed by atoms with Crippen molar-refractivity contribution in [1.29, 1.82) is 0 Å². The molecule has 0 saturated carbocycles. The molecular weight excluding hydrogens is 378 g/mol. The van der Waals surface area contributed by atoms with Crippen LogP contribution in [0.4, 0.5) is 0 Å². The highest BCUT2D eigenvalue weighted by Crippen LogP contribution is 2.49. The summed E-state index contributed by atoms with van der Waals surface area (Å²) >= 11 is 17.8. The lowest BCUT2D eigenvalue weighted by Crippen LogP contribution is -2.77. The molecule has 11 heteroatoms. The van der Waals surface area contributed by atoms with Crippen molar-refractivity contribution in [2.75, 3.05) is 19.1 Å². The minimum atomic E-state index is -2.52. The zero-order chi connectivity index (χ0) is 17.6. The number of halogens is 3. The lowest BCUT2D eigenvalue weighted by Gasteiger charge is -2.54. The summed E-state index contributed by atoms with van der Waals surface area (Å²) in [6.07, 6.45) is -7.69. The molecule has 0 bridgehead atoms. The first-order valence-corrected chi connectivity index (χ1v) is 8.27. The summed E-state index contributed by atoms with van der Waals surface area (Å²) in [5.74, 6) is -0.198. The molecule has 2 rings (SSSR count). The van der Waals surface area contributed by atoms with Crippen LogP contribution < -0.4 is 0 Å². The maximum atomic E-state index is 11.1. The highest BCUT2D eigenvalue weighted by Gasteiger charge is 2.72. The fourth-order valence-corrected chi connectivity index (χ4v) is 4.31. The van der Waals surface area contributed by atoms with Crippen molar-refractivity contribution in [1.82, 2.24) is 0 Å². The van der Waals surface area contributed by atoms with Crippen LogP contribution in [-0.2, 0) is 9.47 Å².